The van der Waals surface area contributed by atoms with Crippen LogP contribution in [-0.2, 0) is 4.79 Å². The Morgan fingerprint density at radius 2 is 1.80 bits per heavy atom. The first-order valence-electron chi connectivity index (χ1n) is 9.01. The Hall–Kier alpha value is -1.99. The molecule has 1 aliphatic rings. The number of nitrogens with one attached hydrogen (secondary N) is 1. The molecule has 2 aromatic carbocycles. The van der Waals surface area contributed by atoms with Gasteiger partial charge in [-0.1, -0.05) is 39.1 Å². The van der Waals surface area contributed by atoms with Gasteiger partial charge in [0.2, 0.25) is 0 Å². The lowest BCUT2D eigenvalue weighted by molar-refractivity contribution is -0.115. The lowest BCUT2D eigenvalue weighted by Crippen LogP contribution is -2.19. The fourth-order valence-corrected chi connectivity index (χ4v) is 4.60. The summed E-state index contributed by atoms with van der Waals surface area (Å²) in [6.45, 7) is 4.10. The first-order chi connectivity index (χ1) is 14.3. The number of hydrogen-bond acceptors (Lipinski definition) is 3. The third-order valence-corrected chi connectivity index (χ3v) is 6.80. The van der Waals surface area contributed by atoms with Crippen molar-refractivity contribution >= 4 is 73.7 Å². The van der Waals surface area contributed by atoms with Gasteiger partial charge in [-0.2, -0.15) is 0 Å². The normalized spacial score (nSPS) is 16.5. The zero-order valence-corrected chi connectivity index (χ0v) is 20.0. The number of aryl methyl sites for hydroxylation is 1. The summed E-state index contributed by atoms with van der Waals surface area (Å²) in [5, 5.41) is 4.19. The van der Waals surface area contributed by atoms with Crippen molar-refractivity contribution in [2.45, 2.75) is 13.8 Å². The second-order valence-electron chi connectivity index (χ2n) is 6.72. The molecule has 1 fully saturated rings. The highest BCUT2D eigenvalue weighted by Crippen LogP contribution is 2.32. The first-order valence-corrected chi connectivity index (χ1v) is 11.4. The number of aromatic nitrogens is 1. The van der Waals surface area contributed by atoms with Crippen LogP contribution in [0.4, 0.5) is 5.69 Å². The van der Waals surface area contributed by atoms with Gasteiger partial charge < -0.3 is 9.88 Å². The third kappa shape index (κ3) is 4.37. The van der Waals surface area contributed by atoms with Gasteiger partial charge in [-0.15, -0.1) is 0 Å². The minimum absolute atomic E-state index is 0.174. The number of rotatable bonds is 3. The number of aliphatic imine (C=N–C) groups is 1. The summed E-state index contributed by atoms with van der Waals surface area (Å²) >= 11 is 16.8. The molecule has 1 amide bonds. The number of halogens is 3. The van der Waals surface area contributed by atoms with Crippen molar-refractivity contribution in [3.05, 3.63) is 84.9 Å². The van der Waals surface area contributed by atoms with E-state index in [1.54, 1.807) is 18.2 Å². The van der Waals surface area contributed by atoms with Gasteiger partial charge in [-0.3, -0.25) is 4.79 Å². The number of carbonyl (C=O) groups is 1. The summed E-state index contributed by atoms with van der Waals surface area (Å²) in [4.78, 5) is 17.5. The van der Waals surface area contributed by atoms with E-state index in [2.05, 4.69) is 55.9 Å². The lowest BCUT2D eigenvalue weighted by atomic mass is 10.2. The predicted octanol–water partition coefficient (Wildman–Crippen LogP) is 7.06. The van der Waals surface area contributed by atoms with E-state index < -0.39 is 0 Å². The van der Waals surface area contributed by atoms with Gasteiger partial charge in [0, 0.05) is 21.5 Å². The average molecular weight is 521 g/mol. The van der Waals surface area contributed by atoms with E-state index in [4.69, 9.17) is 23.2 Å². The van der Waals surface area contributed by atoms with Gasteiger partial charge >= 0.3 is 0 Å². The second kappa shape index (κ2) is 8.63. The topological polar surface area (TPSA) is 46.4 Å². The Morgan fingerprint density at radius 3 is 2.50 bits per heavy atom. The molecule has 0 unspecified atom stereocenters. The van der Waals surface area contributed by atoms with Crippen LogP contribution in [0, 0.1) is 13.8 Å². The van der Waals surface area contributed by atoms with Crippen LogP contribution in [0.3, 0.4) is 0 Å². The van der Waals surface area contributed by atoms with Crippen molar-refractivity contribution in [3.63, 3.8) is 0 Å². The Balaban J connectivity index is 1.63. The molecule has 152 valence electrons. The molecule has 0 atom stereocenters. The lowest BCUT2D eigenvalue weighted by Gasteiger charge is -2.09. The minimum Gasteiger partial charge on any atom is -0.318 e. The fourth-order valence-electron chi connectivity index (χ4n) is 3.21. The number of amides is 1. The van der Waals surface area contributed by atoms with Crippen LogP contribution >= 0.6 is 50.9 Å². The average Bonchev–Trinajstić information content (AvgIpc) is 3.18. The number of carbonyl (C=O) groups excluding carboxylic acids is 1. The van der Waals surface area contributed by atoms with Crippen molar-refractivity contribution in [3.8, 4) is 5.69 Å². The molecule has 0 saturated carbocycles. The smallest absolute Gasteiger partial charge is 0.264 e. The molecule has 2 heterocycles. The van der Waals surface area contributed by atoms with Crippen LogP contribution in [0.15, 0.2) is 62.9 Å². The van der Waals surface area contributed by atoms with Crippen LogP contribution in [0.25, 0.3) is 11.8 Å². The Bertz CT molecular complexity index is 1220. The second-order valence-corrected chi connectivity index (χ2v) is 9.48. The maximum Gasteiger partial charge on any atom is 0.264 e. The van der Waals surface area contributed by atoms with E-state index in [-0.39, 0.29) is 5.91 Å². The Labute approximate surface area is 197 Å². The Kier molecular flexibility index (Phi) is 6.11. The highest BCUT2D eigenvalue weighted by atomic mass is 79.9. The molecule has 1 aromatic heterocycles. The molecule has 4 rings (SSSR count). The summed E-state index contributed by atoms with van der Waals surface area (Å²) in [5.74, 6) is -0.174. The molecular formula is C22H16BrCl2N3OS. The molecule has 3 aromatic rings. The number of benzene rings is 2. The molecule has 0 bridgehead atoms. The Morgan fingerprint density at radius 1 is 1.07 bits per heavy atom. The molecule has 4 nitrogen and oxygen atoms in total. The van der Waals surface area contributed by atoms with Gasteiger partial charge in [0.25, 0.3) is 5.91 Å². The predicted molar refractivity (Wildman–Crippen MR) is 130 cm³/mol. The van der Waals surface area contributed by atoms with Crippen molar-refractivity contribution in [2.75, 3.05) is 0 Å². The summed E-state index contributed by atoms with van der Waals surface area (Å²) in [5.41, 5.74) is 4.84. The maximum atomic E-state index is 12.5. The van der Waals surface area contributed by atoms with Crippen LogP contribution in [-0.4, -0.2) is 15.6 Å². The van der Waals surface area contributed by atoms with E-state index in [9.17, 15) is 4.79 Å². The fraction of sp³-hybridized carbons (Fsp3) is 0.0909. The molecule has 30 heavy (non-hydrogen) atoms. The van der Waals surface area contributed by atoms with Crippen molar-refractivity contribution < 1.29 is 4.79 Å². The van der Waals surface area contributed by atoms with E-state index in [1.807, 2.05) is 25.1 Å². The van der Waals surface area contributed by atoms with Crippen LogP contribution < -0.4 is 5.32 Å². The zero-order chi connectivity index (χ0) is 21.4. The van der Waals surface area contributed by atoms with E-state index in [0.717, 1.165) is 27.1 Å². The highest BCUT2D eigenvalue weighted by molar-refractivity contribution is 9.10. The van der Waals surface area contributed by atoms with E-state index in [0.29, 0.717) is 25.8 Å². The van der Waals surface area contributed by atoms with Crippen LogP contribution in [0.2, 0.25) is 10.0 Å². The molecule has 1 saturated heterocycles. The molecular weight excluding hydrogens is 505 g/mol. The molecule has 0 radical (unpaired) electrons. The first kappa shape index (κ1) is 21.2. The molecule has 1 aliphatic heterocycles. The molecule has 0 spiro atoms. The van der Waals surface area contributed by atoms with Gasteiger partial charge in [0.1, 0.15) is 0 Å². The van der Waals surface area contributed by atoms with E-state index in [1.165, 1.54) is 11.8 Å². The molecule has 0 aliphatic carbocycles. The number of thioether (sulfide) groups is 1. The van der Waals surface area contributed by atoms with Crippen molar-refractivity contribution in [1.29, 1.82) is 0 Å². The van der Waals surface area contributed by atoms with Gasteiger partial charge in [-0.25, -0.2) is 4.99 Å². The number of hydrogen-bond donors (Lipinski definition) is 1. The largest absolute Gasteiger partial charge is 0.318 e. The van der Waals surface area contributed by atoms with Gasteiger partial charge in [0.05, 0.1) is 20.6 Å². The van der Waals surface area contributed by atoms with E-state index >= 15 is 0 Å². The van der Waals surface area contributed by atoms with Crippen LogP contribution in [0.1, 0.15) is 17.0 Å². The molecule has 1 N–H and O–H groups in total. The number of nitrogens with zero attached hydrogens (tertiary/aromatic N) is 2. The minimum atomic E-state index is -0.174. The molecule has 8 heteroatoms. The van der Waals surface area contributed by atoms with Gasteiger partial charge in [0.15, 0.2) is 5.17 Å². The standard InChI is InChI=1S/C22H16BrCl2N3OS/c1-12-9-14(13(2)28(12)17-6-3-15(23)4-7-17)10-20-21(29)27-22(30-20)26-16-5-8-18(24)19(25)11-16/h3-11H,1-2H3,(H,26,27,29)/b20-10-. The van der Waals surface area contributed by atoms with Gasteiger partial charge in [-0.05, 0) is 85.8 Å². The monoisotopic (exact) mass is 519 g/mol. The quantitative estimate of drug-likeness (QED) is 0.376. The summed E-state index contributed by atoms with van der Waals surface area (Å²) in [6, 6.07) is 15.3. The van der Waals surface area contributed by atoms with Crippen molar-refractivity contribution in [2.24, 2.45) is 4.99 Å². The summed E-state index contributed by atoms with van der Waals surface area (Å²) in [6.07, 6.45) is 1.90. The zero-order valence-electron chi connectivity index (χ0n) is 16.0. The third-order valence-electron chi connectivity index (χ3n) is 4.63. The van der Waals surface area contributed by atoms with Crippen molar-refractivity contribution in [1.82, 2.24) is 9.88 Å². The van der Waals surface area contributed by atoms with Crippen LogP contribution in [0.5, 0.6) is 0 Å². The number of amidine groups is 1. The SMILES string of the molecule is Cc1cc(/C=C2\SC(=Nc3ccc(Cl)c(Cl)c3)NC2=O)c(C)n1-c1ccc(Br)cc1. The maximum absolute atomic E-state index is 12.5. The summed E-state index contributed by atoms with van der Waals surface area (Å²) < 4.78 is 3.20. The highest BCUT2D eigenvalue weighted by Gasteiger charge is 2.24. The summed E-state index contributed by atoms with van der Waals surface area (Å²) in [7, 11) is 0.